The lowest BCUT2D eigenvalue weighted by Gasteiger charge is -2.32. The quantitative estimate of drug-likeness (QED) is 0.428. The zero-order valence-electron chi connectivity index (χ0n) is 20.1. The minimum atomic E-state index is -5.08. The molecule has 3 aromatic rings. The molecule has 0 spiro atoms. The number of hydrogen-bond acceptors (Lipinski definition) is 8. The molecule has 15 heteroatoms. The van der Waals surface area contributed by atoms with Gasteiger partial charge in [0.15, 0.2) is 11.5 Å². The first-order valence-electron chi connectivity index (χ1n) is 11.1. The van der Waals surface area contributed by atoms with Gasteiger partial charge >= 0.3 is 12.1 Å². The van der Waals surface area contributed by atoms with E-state index in [2.05, 4.69) is 37.4 Å². The number of carbonyl (C=O) groups is 2. The van der Waals surface area contributed by atoms with Crippen LogP contribution in [0.5, 0.6) is 5.88 Å². The van der Waals surface area contributed by atoms with Crippen molar-refractivity contribution in [3.63, 3.8) is 0 Å². The van der Waals surface area contributed by atoms with Crippen molar-refractivity contribution < 1.29 is 37.0 Å². The Balaban J connectivity index is 0.000000479. The van der Waals surface area contributed by atoms with Crippen molar-refractivity contribution in [3.05, 3.63) is 41.7 Å². The van der Waals surface area contributed by atoms with Crippen LogP contribution in [0.1, 0.15) is 29.9 Å². The molecule has 1 atom stereocenters. The van der Waals surface area contributed by atoms with Crippen LogP contribution < -0.4 is 20.3 Å². The first-order chi connectivity index (χ1) is 17.4. The molecule has 11 nitrogen and oxygen atoms in total. The largest absolute Gasteiger partial charge is 0.490 e. The molecule has 0 saturated carbocycles. The maximum atomic E-state index is 14.3. The lowest BCUT2D eigenvalue weighted by atomic mass is 10.2. The number of nitrogens with zero attached hydrogens (tertiary/aromatic N) is 5. The Hall–Kier alpha value is -4.01. The monoisotopic (exact) mass is 527 g/mol. The number of halogens is 4. The number of nitrogens with one attached hydrogen (secondary N) is 2. The summed E-state index contributed by atoms with van der Waals surface area (Å²) in [4.78, 5) is 36.8. The number of alkyl halides is 3. The summed E-state index contributed by atoms with van der Waals surface area (Å²) in [7, 11) is 0. The van der Waals surface area contributed by atoms with Gasteiger partial charge in [-0.1, -0.05) is 0 Å². The molecule has 1 saturated heterocycles. The Morgan fingerprint density at radius 1 is 1.30 bits per heavy atom. The number of rotatable bonds is 5. The number of aryl methyl sites for hydroxylation is 1. The van der Waals surface area contributed by atoms with E-state index in [1.165, 1.54) is 16.7 Å². The summed E-state index contributed by atoms with van der Waals surface area (Å²) in [5, 5.41) is 13.2. The number of aromatic nitrogens is 4. The minimum absolute atomic E-state index is 0.186. The summed E-state index contributed by atoms with van der Waals surface area (Å²) < 4.78 is 53.2. The maximum Gasteiger partial charge on any atom is 0.490 e. The highest BCUT2D eigenvalue weighted by atomic mass is 19.4. The Morgan fingerprint density at radius 3 is 2.62 bits per heavy atom. The topological polar surface area (TPSA) is 134 Å². The number of hydrogen-bond donors (Lipinski definition) is 3. The third-order valence-electron chi connectivity index (χ3n) is 5.05. The van der Waals surface area contributed by atoms with Crippen LogP contribution in [0.4, 0.5) is 29.2 Å². The van der Waals surface area contributed by atoms with Crippen LogP contribution in [-0.2, 0) is 4.79 Å². The van der Waals surface area contributed by atoms with Gasteiger partial charge in [0.2, 0.25) is 11.8 Å². The molecule has 0 aromatic carbocycles. The number of aliphatic carboxylic acids is 1. The van der Waals surface area contributed by atoms with Crippen LogP contribution in [0.15, 0.2) is 24.7 Å². The summed E-state index contributed by atoms with van der Waals surface area (Å²) in [5.74, 6) is -3.04. The predicted octanol–water partition coefficient (Wildman–Crippen LogP) is 2.65. The first-order valence-corrected chi connectivity index (χ1v) is 11.1. The Morgan fingerprint density at radius 2 is 2.00 bits per heavy atom. The zero-order valence-corrected chi connectivity index (χ0v) is 20.1. The fourth-order valence-electron chi connectivity index (χ4n) is 3.47. The van der Waals surface area contributed by atoms with Gasteiger partial charge in [0.1, 0.15) is 5.56 Å². The highest BCUT2D eigenvalue weighted by Gasteiger charge is 2.38. The van der Waals surface area contributed by atoms with E-state index in [1.807, 2.05) is 6.92 Å². The van der Waals surface area contributed by atoms with Gasteiger partial charge in [-0.25, -0.2) is 19.2 Å². The van der Waals surface area contributed by atoms with E-state index in [-0.39, 0.29) is 17.1 Å². The predicted molar refractivity (Wildman–Crippen MR) is 124 cm³/mol. The summed E-state index contributed by atoms with van der Waals surface area (Å²) in [6.45, 7) is 8.40. The van der Waals surface area contributed by atoms with Crippen LogP contribution in [-0.4, -0.2) is 74.8 Å². The number of pyridine rings is 1. The molecule has 1 amide bonds. The van der Waals surface area contributed by atoms with Crippen molar-refractivity contribution in [2.45, 2.75) is 33.0 Å². The molecule has 37 heavy (non-hydrogen) atoms. The normalized spacial score (nSPS) is 15.6. The molecule has 200 valence electrons. The molecular weight excluding hydrogens is 502 g/mol. The first kappa shape index (κ1) is 27.6. The molecule has 0 aliphatic carbocycles. The Bertz CT molecular complexity index is 1280. The average Bonchev–Trinajstić information content (AvgIpc) is 3.20. The number of piperazine rings is 1. The standard InChI is InChI=1S/C20H24FN7O2.C2HF3O2/c1-4-30-19-15(8-23-20(26-19)27-6-5-22-12(2)9-27)18(29)25-14-7-16(21)17-24-13(3)10-28(17)11-14;3-2(4,5)1(6)7/h7-8,10-12,22H,4-6,9H2,1-3H3,(H,25,29);(H,6,7). The van der Waals surface area contributed by atoms with E-state index in [0.29, 0.717) is 30.0 Å². The Labute approximate surface area is 208 Å². The molecule has 4 heterocycles. The molecular formula is C22H25F4N7O4. The van der Waals surface area contributed by atoms with Crippen LogP contribution in [0.25, 0.3) is 5.65 Å². The molecule has 1 fully saturated rings. The van der Waals surface area contributed by atoms with E-state index in [1.54, 1.807) is 19.3 Å². The van der Waals surface area contributed by atoms with Crippen molar-refractivity contribution in [2.24, 2.45) is 0 Å². The van der Waals surface area contributed by atoms with Gasteiger partial charge in [0, 0.05) is 50.3 Å². The molecule has 1 unspecified atom stereocenters. The second-order valence-corrected chi connectivity index (χ2v) is 8.07. The van der Waals surface area contributed by atoms with Gasteiger partial charge < -0.3 is 29.8 Å². The number of carboxylic acid groups (broad SMARTS) is 1. The highest BCUT2D eigenvalue weighted by Crippen LogP contribution is 2.22. The SMILES string of the molecule is CCOc1nc(N2CCNC(C)C2)ncc1C(=O)Nc1cc(F)c2nc(C)cn2c1.O=C(O)C(F)(F)F. The second kappa shape index (κ2) is 11.4. The summed E-state index contributed by atoms with van der Waals surface area (Å²) in [6, 6.07) is 1.55. The molecule has 1 aliphatic heterocycles. The molecule has 0 radical (unpaired) electrons. The van der Waals surface area contributed by atoms with E-state index in [0.717, 1.165) is 19.6 Å². The van der Waals surface area contributed by atoms with Crippen molar-refractivity contribution in [1.29, 1.82) is 0 Å². The average molecular weight is 527 g/mol. The number of amides is 1. The van der Waals surface area contributed by atoms with Crippen LogP contribution in [0.3, 0.4) is 0 Å². The zero-order chi connectivity index (χ0) is 27.3. The third kappa shape index (κ3) is 7.03. The number of fused-ring (bicyclic) bond motifs is 1. The van der Waals surface area contributed by atoms with Crippen LogP contribution >= 0.6 is 0 Å². The van der Waals surface area contributed by atoms with Crippen molar-refractivity contribution in [3.8, 4) is 5.88 Å². The van der Waals surface area contributed by atoms with Crippen molar-refractivity contribution in [1.82, 2.24) is 24.7 Å². The minimum Gasteiger partial charge on any atom is -0.477 e. The van der Waals surface area contributed by atoms with Gasteiger partial charge in [0.25, 0.3) is 5.91 Å². The van der Waals surface area contributed by atoms with Crippen molar-refractivity contribution >= 4 is 29.2 Å². The van der Waals surface area contributed by atoms with Crippen LogP contribution in [0, 0.1) is 12.7 Å². The van der Waals surface area contributed by atoms with Gasteiger partial charge in [-0.15, -0.1) is 0 Å². The molecule has 3 N–H and O–H groups in total. The highest BCUT2D eigenvalue weighted by molar-refractivity contribution is 6.05. The summed E-state index contributed by atoms with van der Waals surface area (Å²) >= 11 is 0. The van der Waals surface area contributed by atoms with E-state index in [4.69, 9.17) is 14.6 Å². The van der Waals surface area contributed by atoms with Crippen molar-refractivity contribution in [2.75, 3.05) is 36.5 Å². The number of imidazole rings is 1. The molecule has 3 aromatic heterocycles. The van der Waals surface area contributed by atoms with Gasteiger partial charge in [0.05, 0.1) is 18.0 Å². The lowest BCUT2D eigenvalue weighted by molar-refractivity contribution is -0.192. The van der Waals surface area contributed by atoms with Gasteiger partial charge in [-0.3, -0.25) is 4.79 Å². The smallest absolute Gasteiger partial charge is 0.477 e. The maximum absolute atomic E-state index is 14.3. The number of carboxylic acids is 1. The fraction of sp³-hybridized carbons (Fsp3) is 0.409. The summed E-state index contributed by atoms with van der Waals surface area (Å²) in [6.07, 6.45) is -0.342. The number of carbonyl (C=O) groups excluding carboxylic acids is 1. The second-order valence-electron chi connectivity index (χ2n) is 8.07. The van der Waals surface area contributed by atoms with E-state index in [9.17, 15) is 22.4 Å². The molecule has 4 rings (SSSR count). The molecule has 1 aliphatic rings. The lowest BCUT2D eigenvalue weighted by Crippen LogP contribution is -2.49. The van der Waals surface area contributed by atoms with Gasteiger partial charge in [-0.2, -0.15) is 18.2 Å². The number of ether oxygens (including phenoxy) is 1. The summed E-state index contributed by atoms with van der Waals surface area (Å²) in [5.41, 5.74) is 1.37. The van der Waals surface area contributed by atoms with E-state index >= 15 is 0 Å². The fourth-order valence-corrected chi connectivity index (χ4v) is 3.47. The van der Waals surface area contributed by atoms with Gasteiger partial charge in [-0.05, 0) is 20.8 Å². The van der Waals surface area contributed by atoms with E-state index < -0.39 is 23.9 Å². The number of anilines is 2. The van der Waals surface area contributed by atoms with Crippen LogP contribution in [0.2, 0.25) is 0 Å². The third-order valence-corrected chi connectivity index (χ3v) is 5.05. The Kier molecular flexibility index (Phi) is 8.47. The molecule has 0 bridgehead atoms.